The molecule has 21 heavy (non-hydrogen) atoms. The molecule has 4 nitrogen and oxygen atoms in total. The van der Waals surface area contributed by atoms with E-state index in [1.807, 2.05) is 56.7 Å². The molecular formula is C17H16N4. The van der Waals surface area contributed by atoms with Gasteiger partial charge in [-0.2, -0.15) is 0 Å². The zero-order chi connectivity index (χ0) is 14.7. The van der Waals surface area contributed by atoms with Crippen LogP contribution >= 0.6 is 0 Å². The molecule has 4 heteroatoms. The summed E-state index contributed by atoms with van der Waals surface area (Å²) in [5.41, 5.74) is 4.71. The molecular weight excluding hydrogens is 260 g/mol. The van der Waals surface area contributed by atoms with Crippen molar-refractivity contribution in [3.8, 4) is 22.6 Å². The Morgan fingerprint density at radius 3 is 2.38 bits per heavy atom. The van der Waals surface area contributed by atoms with E-state index in [4.69, 9.17) is 4.98 Å². The van der Waals surface area contributed by atoms with E-state index in [-0.39, 0.29) is 0 Å². The molecule has 0 saturated carbocycles. The van der Waals surface area contributed by atoms with Gasteiger partial charge in [0, 0.05) is 43.9 Å². The molecule has 0 aliphatic heterocycles. The summed E-state index contributed by atoms with van der Waals surface area (Å²) in [6.07, 6.45) is 5.37. The molecule has 0 saturated heterocycles. The van der Waals surface area contributed by atoms with Gasteiger partial charge in [-0.25, -0.2) is 4.98 Å². The van der Waals surface area contributed by atoms with E-state index in [1.165, 1.54) is 0 Å². The Morgan fingerprint density at radius 2 is 1.71 bits per heavy atom. The molecule has 0 aliphatic rings. The number of pyridine rings is 3. The van der Waals surface area contributed by atoms with Crippen molar-refractivity contribution in [2.75, 3.05) is 19.0 Å². The summed E-state index contributed by atoms with van der Waals surface area (Å²) >= 11 is 0. The first kappa shape index (κ1) is 13.2. The van der Waals surface area contributed by atoms with E-state index in [0.29, 0.717) is 0 Å². The normalized spacial score (nSPS) is 10.4. The van der Waals surface area contributed by atoms with Crippen molar-refractivity contribution >= 4 is 5.69 Å². The standard InChI is InChI=1S/C17H16N4/c1-21(2)14-10-16(13-6-5-8-18-12-13)20-17(11-14)15-7-3-4-9-19-15/h3-12H,1-2H3. The Labute approximate surface area is 124 Å². The monoisotopic (exact) mass is 276 g/mol. The minimum atomic E-state index is 0.862. The zero-order valence-corrected chi connectivity index (χ0v) is 12.1. The van der Waals surface area contributed by atoms with E-state index in [2.05, 4.69) is 20.9 Å². The van der Waals surface area contributed by atoms with Gasteiger partial charge in [0.15, 0.2) is 0 Å². The molecule has 3 heterocycles. The molecule has 104 valence electrons. The summed E-state index contributed by atoms with van der Waals surface area (Å²) in [6, 6.07) is 13.9. The van der Waals surface area contributed by atoms with E-state index in [0.717, 1.165) is 28.3 Å². The smallest absolute Gasteiger partial charge is 0.0914 e. The molecule has 0 N–H and O–H groups in total. The first-order chi connectivity index (χ1) is 10.2. The van der Waals surface area contributed by atoms with Crippen LogP contribution in [-0.4, -0.2) is 29.0 Å². The lowest BCUT2D eigenvalue weighted by atomic mass is 10.1. The molecule has 0 atom stereocenters. The number of anilines is 1. The summed E-state index contributed by atoms with van der Waals surface area (Å²) in [5.74, 6) is 0. The summed E-state index contributed by atoms with van der Waals surface area (Å²) < 4.78 is 0. The predicted molar refractivity (Wildman–Crippen MR) is 85.0 cm³/mol. The van der Waals surface area contributed by atoms with Crippen molar-refractivity contribution in [1.82, 2.24) is 15.0 Å². The lowest BCUT2D eigenvalue weighted by Crippen LogP contribution is -2.09. The van der Waals surface area contributed by atoms with Crippen LogP contribution in [0.5, 0.6) is 0 Å². The van der Waals surface area contributed by atoms with Crippen LogP contribution in [0.15, 0.2) is 61.1 Å². The van der Waals surface area contributed by atoms with E-state index in [1.54, 1.807) is 12.4 Å². The van der Waals surface area contributed by atoms with E-state index < -0.39 is 0 Å². The van der Waals surface area contributed by atoms with Crippen molar-refractivity contribution < 1.29 is 0 Å². The Morgan fingerprint density at radius 1 is 0.857 bits per heavy atom. The lowest BCUT2D eigenvalue weighted by Gasteiger charge is -2.15. The topological polar surface area (TPSA) is 41.9 Å². The Hall–Kier alpha value is -2.75. The van der Waals surface area contributed by atoms with Gasteiger partial charge in [-0.15, -0.1) is 0 Å². The van der Waals surface area contributed by atoms with Gasteiger partial charge < -0.3 is 4.90 Å². The lowest BCUT2D eigenvalue weighted by molar-refractivity contribution is 1.12. The summed E-state index contributed by atoms with van der Waals surface area (Å²) in [7, 11) is 4.04. The Bertz CT molecular complexity index is 667. The van der Waals surface area contributed by atoms with Crippen LogP contribution in [0.25, 0.3) is 22.6 Å². The van der Waals surface area contributed by atoms with Crippen molar-refractivity contribution in [2.45, 2.75) is 0 Å². The number of aromatic nitrogens is 3. The minimum Gasteiger partial charge on any atom is -0.378 e. The van der Waals surface area contributed by atoms with Gasteiger partial charge in [-0.1, -0.05) is 6.07 Å². The molecule has 0 unspecified atom stereocenters. The van der Waals surface area contributed by atoms with Gasteiger partial charge in [0.05, 0.1) is 17.1 Å². The first-order valence-electron chi connectivity index (χ1n) is 6.75. The quantitative estimate of drug-likeness (QED) is 0.736. The van der Waals surface area contributed by atoms with Crippen molar-refractivity contribution in [2.24, 2.45) is 0 Å². The minimum absolute atomic E-state index is 0.862. The second-order valence-corrected chi connectivity index (χ2v) is 4.95. The molecule has 0 radical (unpaired) electrons. The summed E-state index contributed by atoms with van der Waals surface area (Å²) in [5, 5.41) is 0. The number of hydrogen-bond donors (Lipinski definition) is 0. The Balaban J connectivity index is 2.16. The van der Waals surface area contributed by atoms with Crippen LogP contribution in [0.4, 0.5) is 5.69 Å². The van der Waals surface area contributed by atoms with E-state index in [9.17, 15) is 0 Å². The molecule has 0 aromatic carbocycles. The molecule has 0 bridgehead atoms. The van der Waals surface area contributed by atoms with Gasteiger partial charge >= 0.3 is 0 Å². The maximum Gasteiger partial charge on any atom is 0.0914 e. The SMILES string of the molecule is CN(C)c1cc(-c2cccnc2)nc(-c2ccccn2)c1. The fourth-order valence-electron chi connectivity index (χ4n) is 2.08. The number of hydrogen-bond acceptors (Lipinski definition) is 4. The van der Waals surface area contributed by atoms with Crippen LogP contribution in [0.1, 0.15) is 0 Å². The van der Waals surface area contributed by atoms with Crippen LogP contribution < -0.4 is 4.90 Å². The summed E-state index contributed by atoms with van der Waals surface area (Å²) in [4.78, 5) is 15.3. The van der Waals surface area contributed by atoms with Gasteiger partial charge in [0.2, 0.25) is 0 Å². The molecule has 0 amide bonds. The van der Waals surface area contributed by atoms with Crippen LogP contribution in [0.2, 0.25) is 0 Å². The van der Waals surface area contributed by atoms with Gasteiger partial charge in [0.1, 0.15) is 0 Å². The zero-order valence-electron chi connectivity index (χ0n) is 12.1. The van der Waals surface area contributed by atoms with Gasteiger partial charge in [-0.05, 0) is 36.4 Å². The van der Waals surface area contributed by atoms with Crippen molar-refractivity contribution in [3.63, 3.8) is 0 Å². The van der Waals surface area contributed by atoms with Gasteiger partial charge in [-0.3, -0.25) is 9.97 Å². The molecule has 3 aromatic heterocycles. The first-order valence-corrected chi connectivity index (χ1v) is 6.75. The molecule has 0 spiro atoms. The third kappa shape index (κ3) is 2.89. The third-order valence-corrected chi connectivity index (χ3v) is 3.21. The average Bonchev–Trinajstić information content (AvgIpc) is 2.56. The number of rotatable bonds is 3. The van der Waals surface area contributed by atoms with Crippen LogP contribution in [-0.2, 0) is 0 Å². The third-order valence-electron chi connectivity index (χ3n) is 3.21. The number of nitrogens with zero attached hydrogens (tertiary/aromatic N) is 4. The molecule has 3 aromatic rings. The largest absolute Gasteiger partial charge is 0.378 e. The van der Waals surface area contributed by atoms with Crippen molar-refractivity contribution in [3.05, 3.63) is 61.1 Å². The maximum atomic E-state index is 4.73. The predicted octanol–water partition coefficient (Wildman–Crippen LogP) is 3.27. The Kier molecular flexibility index (Phi) is 3.60. The maximum absolute atomic E-state index is 4.73. The van der Waals surface area contributed by atoms with Crippen LogP contribution in [0.3, 0.4) is 0 Å². The second-order valence-electron chi connectivity index (χ2n) is 4.95. The van der Waals surface area contributed by atoms with E-state index >= 15 is 0 Å². The highest BCUT2D eigenvalue weighted by Crippen LogP contribution is 2.26. The molecule has 0 fully saturated rings. The second kappa shape index (κ2) is 5.71. The van der Waals surface area contributed by atoms with Gasteiger partial charge in [0.25, 0.3) is 0 Å². The summed E-state index contributed by atoms with van der Waals surface area (Å²) in [6.45, 7) is 0. The molecule has 3 rings (SSSR count). The highest BCUT2D eigenvalue weighted by Gasteiger charge is 2.09. The highest BCUT2D eigenvalue weighted by atomic mass is 15.1. The fraction of sp³-hybridized carbons (Fsp3) is 0.118. The van der Waals surface area contributed by atoms with Crippen molar-refractivity contribution in [1.29, 1.82) is 0 Å². The average molecular weight is 276 g/mol. The fourth-order valence-corrected chi connectivity index (χ4v) is 2.08. The highest BCUT2D eigenvalue weighted by molar-refractivity contribution is 5.70. The molecule has 0 aliphatic carbocycles. The van der Waals surface area contributed by atoms with Crippen LogP contribution in [0, 0.1) is 0 Å².